The minimum Gasteiger partial charge on any atom is -0.480 e. The minimum atomic E-state index is -1.33. The summed E-state index contributed by atoms with van der Waals surface area (Å²) in [4.78, 5) is 22.2. The molecule has 1 atom stereocenters. The Morgan fingerprint density at radius 2 is 2.06 bits per heavy atom. The Morgan fingerprint density at radius 3 is 2.61 bits per heavy atom. The highest BCUT2D eigenvalue weighted by Crippen LogP contribution is 2.20. The van der Waals surface area contributed by atoms with Gasteiger partial charge in [0.1, 0.15) is 11.9 Å². The molecule has 5 nitrogen and oxygen atoms in total. The third-order valence-electron chi connectivity index (χ3n) is 2.01. The lowest BCUT2D eigenvalue weighted by molar-refractivity contribution is -0.142. The van der Waals surface area contributed by atoms with Crippen LogP contribution in [0.5, 0.6) is 0 Å². The molecule has 1 amide bonds. The number of hydrogen-bond donors (Lipinski definition) is 3. The number of aliphatic carboxylic acids is 1. The van der Waals surface area contributed by atoms with Crippen molar-refractivity contribution in [1.29, 1.82) is 0 Å². The predicted molar refractivity (Wildman–Crippen MR) is 63.8 cm³/mol. The van der Waals surface area contributed by atoms with Crippen LogP contribution >= 0.6 is 11.8 Å². The zero-order chi connectivity index (χ0) is 13.5. The van der Waals surface area contributed by atoms with E-state index in [9.17, 15) is 14.0 Å². The van der Waals surface area contributed by atoms with Crippen molar-refractivity contribution in [3.05, 3.63) is 30.1 Å². The van der Waals surface area contributed by atoms with E-state index >= 15 is 0 Å². The molecule has 0 saturated heterocycles. The molecule has 0 aliphatic heterocycles. The number of amides is 1. The molecule has 0 fully saturated rings. The number of benzene rings is 1. The van der Waals surface area contributed by atoms with Gasteiger partial charge in [0.2, 0.25) is 5.91 Å². The van der Waals surface area contributed by atoms with Crippen LogP contribution in [0.15, 0.2) is 29.2 Å². The lowest BCUT2D eigenvalue weighted by atomic mass is 10.3. The highest BCUT2D eigenvalue weighted by molar-refractivity contribution is 8.00. The van der Waals surface area contributed by atoms with Crippen LogP contribution < -0.4 is 5.32 Å². The fourth-order valence-corrected chi connectivity index (χ4v) is 1.88. The molecular weight excluding hydrogens is 261 g/mol. The van der Waals surface area contributed by atoms with Crippen LogP contribution in [0.3, 0.4) is 0 Å². The Hall–Kier alpha value is -1.60. The van der Waals surface area contributed by atoms with E-state index in [0.29, 0.717) is 4.90 Å². The number of thioether (sulfide) groups is 1. The first kappa shape index (κ1) is 14.5. The summed E-state index contributed by atoms with van der Waals surface area (Å²) < 4.78 is 13.2. The molecule has 98 valence electrons. The third-order valence-corrected chi connectivity index (χ3v) is 3.06. The molecule has 0 heterocycles. The number of carbonyl (C=O) groups is 2. The van der Waals surface area contributed by atoms with Crippen molar-refractivity contribution < 1.29 is 24.2 Å². The summed E-state index contributed by atoms with van der Waals surface area (Å²) in [6.07, 6.45) is 0. The zero-order valence-corrected chi connectivity index (χ0v) is 10.1. The summed E-state index contributed by atoms with van der Waals surface area (Å²) in [5.74, 6) is -2.45. The van der Waals surface area contributed by atoms with Gasteiger partial charge in [-0.25, -0.2) is 9.18 Å². The van der Waals surface area contributed by atoms with Gasteiger partial charge in [0.15, 0.2) is 0 Å². The van der Waals surface area contributed by atoms with Gasteiger partial charge in [0.25, 0.3) is 0 Å². The largest absolute Gasteiger partial charge is 0.480 e. The van der Waals surface area contributed by atoms with E-state index in [2.05, 4.69) is 5.32 Å². The van der Waals surface area contributed by atoms with Gasteiger partial charge in [-0.3, -0.25) is 4.79 Å². The molecule has 0 aliphatic rings. The van der Waals surface area contributed by atoms with E-state index in [-0.39, 0.29) is 5.75 Å². The summed E-state index contributed by atoms with van der Waals surface area (Å²) in [5.41, 5.74) is 0. The highest BCUT2D eigenvalue weighted by Gasteiger charge is 2.18. The normalized spacial score (nSPS) is 11.9. The SMILES string of the molecule is O=C(CSc1ccccc1F)N[C@@H](CO)C(=O)O. The minimum absolute atomic E-state index is 0.120. The quantitative estimate of drug-likeness (QED) is 0.656. The molecule has 0 aromatic heterocycles. The zero-order valence-electron chi connectivity index (χ0n) is 9.30. The van der Waals surface area contributed by atoms with E-state index in [1.54, 1.807) is 6.07 Å². The molecule has 7 heteroatoms. The Labute approximate surface area is 107 Å². The van der Waals surface area contributed by atoms with Crippen LogP contribution in [0.25, 0.3) is 0 Å². The van der Waals surface area contributed by atoms with Crippen molar-refractivity contribution in [2.24, 2.45) is 0 Å². The van der Waals surface area contributed by atoms with Crippen molar-refractivity contribution in [1.82, 2.24) is 5.32 Å². The Bertz CT molecular complexity index is 441. The molecule has 18 heavy (non-hydrogen) atoms. The fraction of sp³-hybridized carbons (Fsp3) is 0.273. The topological polar surface area (TPSA) is 86.6 Å². The molecule has 0 unspecified atom stereocenters. The van der Waals surface area contributed by atoms with Gasteiger partial charge in [0, 0.05) is 4.90 Å². The first-order valence-electron chi connectivity index (χ1n) is 5.05. The van der Waals surface area contributed by atoms with E-state index in [0.717, 1.165) is 11.8 Å². The summed E-state index contributed by atoms with van der Waals surface area (Å²) in [6.45, 7) is -0.689. The van der Waals surface area contributed by atoms with Crippen LogP contribution in [0.2, 0.25) is 0 Å². The molecule has 1 rings (SSSR count). The van der Waals surface area contributed by atoms with Crippen LogP contribution in [-0.2, 0) is 9.59 Å². The molecule has 1 aromatic rings. The second kappa shape index (κ2) is 6.97. The standard InChI is InChI=1S/C11H12FNO4S/c12-7-3-1-2-4-9(7)18-6-10(15)13-8(5-14)11(16)17/h1-4,8,14H,5-6H2,(H,13,15)(H,16,17)/t8-/m0/s1. The number of aliphatic hydroxyl groups is 1. The molecule has 0 saturated carbocycles. The maximum absolute atomic E-state index is 13.2. The monoisotopic (exact) mass is 273 g/mol. The van der Waals surface area contributed by atoms with Crippen LogP contribution in [0, 0.1) is 5.82 Å². The van der Waals surface area contributed by atoms with Crippen molar-refractivity contribution in [3.63, 3.8) is 0 Å². The van der Waals surface area contributed by atoms with E-state index < -0.39 is 30.3 Å². The summed E-state index contributed by atoms with van der Waals surface area (Å²) >= 11 is 0.958. The van der Waals surface area contributed by atoms with Crippen LogP contribution in [0.1, 0.15) is 0 Å². The smallest absolute Gasteiger partial charge is 0.328 e. The highest BCUT2D eigenvalue weighted by atomic mass is 32.2. The first-order valence-corrected chi connectivity index (χ1v) is 6.03. The second-order valence-corrected chi connectivity index (χ2v) is 4.38. The van der Waals surface area contributed by atoms with Gasteiger partial charge in [-0.1, -0.05) is 12.1 Å². The number of nitrogens with one attached hydrogen (secondary N) is 1. The van der Waals surface area contributed by atoms with Gasteiger partial charge < -0.3 is 15.5 Å². The third kappa shape index (κ3) is 4.34. The molecule has 3 N–H and O–H groups in total. The van der Waals surface area contributed by atoms with E-state index in [1.165, 1.54) is 18.2 Å². The molecular formula is C11H12FNO4S. The number of carboxylic acid groups (broad SMARTS) is 1. The summed E-state index contributed by atoms with van der Waals surface area (Å²) in [6, 6.07) is 4.63. The van der Waals surface area contributed by atoms with Gasteiger partial charge in [0.05, 0.1) is 12.4 Å². The number of carbonyl (C=O) groups excluding carboxylic acids is 1. The number of carboxylic acids is 1. The number of rotatable bonds is 6. The Morgan fingerprint density at radius 1 is 1.39 bits per heavy atom. The maximum Gasteiger partial charge on any atom is 0.328 e. The molecule has 1 aromatic carbocycles. The Kier molecular flexibility index (Phi) is 5.60. The van der Waals surface area contributed by atoms with Crippen LogP contribution in [-0.4, -0.2) is 40.5 Å². The molecule has 0 bridgehead atoms. The second-order valence-electron chi connectivity index (χ2n) is 3.36. The van der Waals surface area contributed by atoms with Crippen molar-refractivity contribution in [3.8, 4) is 0 Å². The lowest BCUT2D eigenvalue weighted by Crippen LogP contribution is -2.44. The van der Waals surface area contributed by atoms with E-state index in [4.69, 9.17) is 10.2 Å². The Balaban J connectivity index is 2.47. The summed E-state index contributed by atoms with van der Waals surface area (Å²) in [7, 11) is 0. The van der Waals surface area contributed by atoms with Crippen molar-refractivity contribution in [2.75, 3.05) is 12.4 Å². The molecule has 0 aliphatic carbocycles. The van der Waals surface area contributed by atoms with Crippen molar-refractivity contribution >= 4 is 23.6 Å². The molecule has 0 spiro atoms. The van der Waals surface area contributed by atoms with Gasteiger partial charge >= 0.3 is 5.97 Å². The van der Waals surface area contributed by atoms with Gasteiger partial charge in [-0.15, -0.1) is 11.8 Å². The van der Waals surface area contributed by atoms with Crippen molar-refractivity contribution in [2.45, 2.75) is 10.9 Å². The van der Waals surface area contributed by atoms with Gasteiger partial charge in [-0.05, 0) is 12.1 Å². The molecule has 0 radical (unpaired) electrons. The number of halogens is 1. The maximum atomic E-state index is 13.2. The number of hydrogen-bond acceptors (Lipinski definition) is 4. The number of aliphatic hydroxyl groups excluding tert-OH is 1. The fourth-order valence-electron chi connectivity index (χ4n) is 1.13. The summed E-state index contributed by atoms with van der Waals surface area (Å²) in [5, 5.41) is 19.4. The van der Waals surface area contributed by atoms with Gasteiger partial charge in [-0.2, -0.15) is 0 Å². The average molecular weight is 273 g/mol. The first-order chi connectivity index (χ1) is 8.54. The lowest BCUT2D eigenvalue weighted by Gasteiger charge is -2.11. The average Bonchev–Trinajstić information content (AvgIpc) is 2.34. The predicted octanol–water partition coefficient (Wildman–Crippen LogP) is 0.479. The van der Waals surface area contributed by atoms with E-state index in [1.807, 2.05) is 0 Å². The van der Waals surface area contributed by atoms with Crippen LogP contribution in [0.4, 0.5) is 4.39 Å².